The molecular formula is C12H21N5O2. The largest absolute Gasteiger partial charge is 0.370 e. The lowest BCUT2D eigenvalue weighted by Gasteiger charge is -2.08. The standard InChI is InChI=1S/C12H21N5O2/c1-9(2)5-3-4-6-14-11-7-10(17(18)19)8-12(15-11)16-13/h7-9H,3-6,13H2,1-2H3,(H2,14,15,16). The van der Waals surface area contributed by atoms with Gasteiger partial charge in [0, 0.05) is 6.54 Å². The average molecular weight is 267 g/mol. The van der Waals surface area contributed by atoms with Gasteiger partial charge in [-0.05, 0) is 12.3 Å². The second-order valence-corrected chi connectivity index (χ2v) is 4.81. The molecule has 0 unspecified atom stereocenters. The number of hydrazine groups is 1. The van der Waals surface area contributed by atoms with Gasteiger partial charge in [-0.2, -0.15) is 0 Å². The van der Waals surface area contributed by atoms with Crippen molar-refractivity contribution in [3.8, 4) is 0 Å². The highest BCUT2D eigenvalue weighted by atomic mass is 16.6. The lowest BCUT2D eigenvalue weighted by molar-refractivity contribution is -0.384. The minimum atomic E-state index is -0.466. The highest BCUT2D eigenvalue weighted by molar-refractivity contribution is 5.54. The third-order valence-electron chi connectivity index (χ3n) is 2.68. The highest BCUT2D eigenvalue weighted by Gasteiger charge is 2.10. The summed E-state index contributed by atoms with van der Waals surface area (Å²) < 4.78 is 0. The lowest BCUT2D eigenvalue weighted by Crippen LogP contribution is -2.11. The van der Waals surface area contributed by atoms with Crippen molar-refractivity contribution in [2.24, 2.45) is 11.8 Å². The summed E-state index contributed by atoms with van der Waals surface area (Å²) in [6.07, 6.45) is 3.31. The second-order valence-electron chi connectivity index (χ2n) is 4.81. The molecular weight excluding hydrogens is 246 g/mol. The number of hydrogen-bond donors (Lipinski definition) is 3. The molecule has 1 heterocycles. The van der Waals surface area contributed by atoms with Crippen LogP contribution in [0.3, 0.4) is 0 Å². The quantitative estimate of drug-likeness (QED) is 0.289. The van der Waals surface area contributed by atoms with Crippen molar-refractivity contribution in [2.75, 3.05) is 17.3 Å². The van der Waals surface area contributed by atoms with E-state index in [1.165, 1.54) is 18.6 Å². The van der Waals surface area contributed by atoms with Gasteiger partial charge in [-0.25, -0.2) is 10.8 Å². The van der Waals surface area contributed by atoms with Gasteiger partial charge in [0.05, 0.1) is 17.1 Å². The van der Waals surface area contributed by atoms with Crippen molar-refractivity contribution < 1.29 is 4.92 Å². The normalized spacial score (nSPS) is 10.5. The number of nitrogens with one attached hydrogen (secondary N) is 2. The Kier molecular flexibility index (Phi) is 6.01. The minimum absolute atomic E-state index is 0.0346. The van der Waals surface area contributed by atoms with Crippen molar-refractivity contribution in [1.82, 2.24) is 4.98 Å². The fourth-order valence-corrected chi connectivity index (χ4v) is 1.68. The van der Waals surface area contributed by atoms with Crippen LogP contribution in [0.2, 0.25) is 0 Å². The first-order valence-corrected chi connectivity index (χ1v) is 6.40. The van der Waals surface area contributed by atoms with E-state index in [9.17, 15) is 10.1 Å². The number of rotatable bonds is 8. The number of hydrogen-bond acceptors (Lipinski definition) is 6. The number of nitro groups is 1. The fraction of sp³-hybridized carbons (Fsp3) is 0.583. The SMILES string of the molecule is CC(C)CCCCNc1cc([N+](=O)[O-])cc(NN)n1. The molecule has 0 fully saturated rings. The molecule has 1 rings (SSSR count). The molecule has 0 radical (unpaired) electrons. The molecule has 0 amide bonds. The van der Waals surface area contributed by atoms with Gasteiger partial charge in [-0.15, -0.1) is 0 Å². The zero-order valence-corrected chi connectivity index (χ0v) is 11.3. The summed E-state index contributed by atoms with van der Waals surface area (Å²) in [5.74, 6) is 6.67. The maximum Gasteiger partial charge on any atom is 0.276 e. The van der Waals surface area contributed by atoms with E-state index in [-0.39, 0.29) is 11.5 Å². The van der Waals surface area contributed by atoms with Crippen molar-refractivity contribution in [1.29, 1.82) is 0 Å². The fourth-order valence-electron chi connectivity index (χ4n) is 1.68. The topological polar surface area (TPSA) is 106 Å². The molecule has 0 aromatic carbocycles. The Balaban J connectivity index is 2.53. The van der Waals surface area contributed by atoms with Gasteiger partial charge in [0.1, 0.15) is 11.6 Å². The molecule has 0 aliphatic heterocycles. The van der Waals surface area contributed by atoms with E-state index in [0.717, 1.165) is 19.4 Å². The van der Waals surface area contributed by atoms with Crippen LogP contribution in [0.5, 0.6) is 0 Å². The number of pyridine rings is 1. The van der Waals surface area contributed by atoms with Crippen LogP contribution in [-0.2, 0) is 0 Å². The molecule has 0 atom stereocenters. The third-order valence-corrected chi connectivity index (χ3v) is 2.68. The van der Waals surface area contributed by atoms with Crippen molar-refractivity contribution >= 4 is 17.3 Å². The van der Waals surface area contributed by atoms with Crippen LogP contribution >= 0.6 is 0 Å². The van der Waals surface area contributed by atoms with Crippen LogP contribution in [0, 0.1) is 16.0 Å². The Bertz CT molecular complexity index is 423. The van der Waals surface area contributed by atoms with Crippen LogP contribution in [-0.4, -0.2) is 16.5 Å². The first kappa shape index (κ1) is 15.2. The molecule has 19 heavy (non-hydrogen) atoms. The summed E-state index contributed by atoms with van der Waals surface area (Å²) in [4.78, 5) is 14.4. The smallest absolute Gasteiger partial charge is 0.276 e. The Morgan fingerprint density at radius 2 is 2.05 bits per heavy atom. The molecule has 7 heteroatoms. The molecule has 0 saturated heterocycles. The Hall–Kier alpha value is -1.89. The van der Waals surface area contributed by atoms with Gasteiger partial charge in [-0.3, -0.25) is 10.1 Å². The van der Waals surface area contributed by atoms with Crippen LogP contribution in [0.25, 0.3) is 0 Å². The predicted octanol–water partition coefficient (Wildman–Crippen LogP) is 2.51. The van der Waals surface area contributed by atoms with Gasteiger partial charge in [0.25, 0.3) is 5.69 Å². The van der Waals surface area contributed by atoms with Crippen molar-refractivity contribution in [3.05, 3.63) is 22.2 Å². The van der Waals surface area contributed by atoms with Crippen LogP contribution in [0.1, 0.15) is 33.1 Å². The third kappa shape index (κ3) is 5.52. The molecule has 1 aromatic rings. The average Bonchev–Trinajstić information content (AvgIpc) is 2.37. The molecule has 106 valence electrons. The minimum Gasteiger partial charge on any atom is -0.370 e. The molecule has 7 nitrogen and oxygen atoms in total. The Morgan fingerprint density at radius 3 is 2.63 bits per heavy atom. The van der Waals surface area contributed by atoms with Crippen LogP contribution in [0.4, 0.5) is 17.3 Å². The highest BCUT2D eigenvalue weighted by Crippen LogP contribution is 2.20. The number of unbranched alkanes of at least 4 members (excludes halogenated alkanes) is 1. The molecule has 1 aromatic heterocycles. The Morgan fingerprint density at radius 1 is 1.37 bits per heavy atom. The van der Waals surface area contributed by atoms with E-state index in [0.29, 0.717) is 11.7 Å². The number of nitrogens with zero attached hydrogens (tertiary/aromatic N) is 2. The van der Waals surface area contributed by atoms with E-state index in [2.05, 4.69) is 29.6 Å². The summed E-state index contributed by atoms with van der Waals surface area (Å²) in [6, 6.07) is 2.70. The predicted molar refractivity (Wildman–Crippen MR) is 75.9 cm³/mol. The molecule has 0 aliphatic carbocycles. The van der Waals surface area contributed by atoms with Gasteiger partial charge in [0.2, 0.25) is 0 Å². The van der Waals surface area contributed by atoms with E-state index >= 15 is 0 Å². The summed E-state index contributed by atoms with van der Waals surface area (Å²) in [5.41, 5.74) is 2.29. The van der Waals surface area contributed by atoms with Crippen molar-refractivity contribution in [3.63, 3.8) is 0 Å². The number of aromatic nitrogens is 1. The van der Waals surface area contributed by atoms with E-state index < -0.39 is 4.92 Å². The zero-order chi connectivity index (χ0) is 14.3. The molecule has 0 spiro atoms. The Labute approximate surface area is 112 Å². The second kappa shape index (κ2) is 7.52. The molecule has 4 N–H and O–H groups in total. The van der Waals surface area contributed by atoms with E-state index in [1.54, 1.807) is 0 Å². The van der Waals surface area contributed by atoms with Gasteiger partial charge in [0.15, 0.2) is 0 Å². The van der Waals surface area contributed by atoms with E-state index in [1.807, 2.05) is 0 Å². The monoisotopic (exact) mass is 267 g/mol. The number of anilines is 2. The van der Waals surface area contributed by atoms with Gasteiger partial charge < -0.3 is 10.7 Å². The number of nitrogen functional groups attached to an aromatic ring is 1. The van der Waals surface area contributed by atoms with Gasteiger partial charge >= 0.3 is 0 Å². The van der Waals surface area contributed by atoms with E-state index in [4.69, 9.17) is 5.84 Å². The zero-order valence-electron chi connectivity index (χ0n) is 11.3. The van der Waals surface area contributed by atoms with Crippen molar-refractivity contribution in [2.45, 2.75) is 33.1 Å². The summed E-state index contributed by atoms with van der Waals surface area (Å²) in [6.45, 7) is 5.12. The summed E-state index contributed by atoms with van der Waals surface area (Å²) in [5, 5.41) is 13.8. The first-order chi connectivity index (χ1) is 9.02. The molecule has 0 bridgehead atoms. The lowest BCUT2D eigenvalue weighted by atomic mass is 10.1. The maximum atomic E-state index is 10.8. The molecule has 0 saturated carbocycles. The van der Waals surface area contributed by atoms with Gasteiger partial charge in [-0.1, -0.05) is 26.7 Å². The first-order valence-electron chi connectivity index (χ1n) is 6.40. The summed E-state index contributed by atoms with van der Waals surface area (Å²) >= 11 is 0. The summed E-state index contributed by atoms with van der Waals surface area (Å²) in [7, 11) is 0. The number of nitrogens with two attached hydrogens (primary N) is 1. The molecule has 0 aliphatic rings. The van der Waals surface area contributed by atoms with Crippen LogP contribution in [0.15, 0.2) is 12.1 Å². The maximum absolute atomic E-state index is 10.8. The van der Waals surface area contributed by atoms with Crippen LogP contribution < -0.4 is 16.6 Å².